The summed E-state index contributed by atoms with van der Waals surface area (Å²) in [4.78, 5) is 4.70. The van der Waals surface area contributed by atoms with E-state index in [-0.39, 0.29) is 0 Å². The van der Waals surface area contributed by atoms with E-state index >= 15 is 0 Å². The first-order chi connectivity index (χ1) is 13.3. The second kappa shape index (κ2) is 10.6. The molecule has 2 N–H and O–H groups in total. The zero-order valence-corrected chi connectivity index (χ0v) is 16.7. The highest BCUT2D eigenvalue weighted by molar-refractivity contribution is 9.10. The molecule has 0 bridgehead atoms. The highest BCUT2D eigenvalue weighted by atomic mass is 79.9. The normalized spacial score (nSPS) is 11.5. The fourth-order valence-electron chi connectivity index (χ4n) is 2.57. The number of halogens is 1. The molecule has 0 atom stereocenters. The molecule has 0 saturated heterocycles. The fourth-order valence-corrected chi connectivity index (χ4v) is 2.84. The van der Waals surface area contributed by atoms with Crippen LogP contribution in [0.2, 0.25) is 0 Å². The molecule has 0 saturated carbocycles. The molecule has 3 aromatic rings. The molecular weight excluding hydrogens is 406 g/mol. The Hall–Kier alpha value is -2.54. The van der Waals surface area contributed by atoms with Crippen LogP contribution in [0.1, 0.15) is 17.7 Å². The van der Waals surface area contributed by atoms with Gasteiger partial charge in [0.2, 0.25) is 0 Å². The number of aromatic nitrogens is 2. The Morgan fingerprint density at radius 3 is 2.70 bits per heavy atom. The molecule has 27 heavy (non-hydrogen) atoms. The van der Waals surface area contributed by atoms with E-state index in [9.17, 15) is 0 Å². The predicted octanol–water partition coefficient (Wildman–Crippen LogP) is 3.61. The van der Waals surface area contributed by atoms with Crippen molar-refractivity contribution in [2.45, 2.75) is 25.9 Å². The van der Waals surface area contributed by atoms with Gasteiger partial charge in [0.1, 0.15) is 5.76 Å². The zero-order chi connectivity index (χ0) is 18.7. The van der Waals surface area contributed by atoms with Crippen LogP contribution in [0.15, 0.2) is 75.0 Å². The first kappa shape index (κ1) is 19.2. The highest BCUT2D eigenvalue weighted by Gasteiger charge is 2.01. The number of hydrogen-bond donors (Lipinski definition) is 2. The van der Waals surface area contributed by atoms with Crippen molar-refractivity contribution in [2.75, 3.05) is 13.1 Å². The van der Waals surface area contributed by atoms with E-state index in [0.717, 1.165) is 48.7 Å². The van der Waals surface area contributed by atoms with E-state index in [1.807, 2.05) is 41.2 Å². The van der Waals surface area contributed by atoms with Crippen molar-refractivity contribution in [1.82, 2.24) is 20.4 Å². The van der Waals surface area contributed by atoms with Gasteiger partial charge >= 0.3 is 0 Å². The molecule has 142 valence electrons. The summed E-state index contributed by atoms with van der Waals surface area (Å²) in [5.74, 6) is 1.78. The minimum absolute atomic E-state index is 0.628. The van der Waals surface area contributed by atoms with Gasteiger partial charge in [0.15, 0.2) is 5.96 Å². The van der Waals surface area contributed by atoms with Crippen LogP contribution < -0.4 is 10.6 Å². The van der Waals surface area contributed by atoms with Crippen LogP contribution in [0.3, 0.4) is 0 Å². The Morgan fingerprint density at radius 1 is 1.11 bits per heavy atom. The van der Waals surface area contributed by atoms with Gasteiger partial charge in [-0.15, -0.1) is 0 Å². The summed E-state index contributed by atoms with van der Waals surface area (Å²) >= 11 is 3.46. The van der Waals surface area contributed by atoms with Crippen molar-refractivity contribution in [3.05, 3.63) is 76.9 Å². The molecule has 0 spiro atoms. The topological polar surface area (TPSA) is 67.4 Å². The van der Waals surface area contributed by atoms with Crippen LogP contribution in [0.25, 0.3) is 0 Å². The monoisotopic (exact) mass is 429 g/mol. The number of aliphatic imine (C=N–C) groups is 1. The van der Waals surface area contributed by atoms with Crippen LogP contribution in [-0.2, 0) is 19.5 Å². The summed E-state index contributed by atoms with van der Waals surface area (Å²) in [5, 5.41) is 11.0. The lowest BCUT2D eigenvalue weighted by atomic mass is 10.2. The van der Waals surface area contributed by atoms with Crippen LogP contribution in [-0.4, -0.2) is 28.8 Å². The largest absolute Gasteiger partial charge is 0.469 e. The molecule has 6 nitrogen and oxygen atoms in total. The van der Waals surface area contributed by atoms with Gasteiger partial charge in [-0.2, -0.15) is 5.10 Å². The lowest BCUT2D eigenvalue weighted by Gasteiger charge is -2.12. The summed E-state index contributed by atoms with van der Waals surface area (Å²) in [5.41, 5.74) is 1.17. The lowest BCUT2D eigenvalue weighted by Crippen LogP contribution is -2.39. The first-order valence-electron chi connectivity index (χ1n) is 9.06. The first-order valence-corrected chi connectivity index (χ1v) is 9.85. The van der Waals surface area contributed by atoms with Gasteiger partial charge < -0.3 is 15.1 Å². The van der Waals surface area contributed by atoms with Gasteiger partial charge in [0.05, 0.1) is 12.8 Å². The van der Waals surface area contributed by atoms with Crippen LogP contribution in [0.5, 0.6) is 0 Å². The number of furan rings is 1. The van der Waals surface area contributed by atoms with Gasteiger partial charge in [-0.3, -0.25) is 4.68 Å². The van der Waals surface area contributed by atoms with E-state index in [4.69, 9.17) is 9.41 Å². The highest BCUT2D eigenvalue weighted by Crippen LogP contribution is 2.11. The summed E-state index contributed by atoms with van der Waals surface area (Å²) in [7, 11) is 0. The molecule has 2 aromatic heterocycles. The maximum atomic E-state index is 5.38. The van der Waals surface area contributed by atoms with E-state index in [0.29, 0.717) is 6.54 Å². The molecule has 1 aromatic carbocycles. The van der Waals surface area contributed by atoms with Gasteiger partial charge in [0.25, 0.3) is 0 Å². The maximum absolute atomic E-state index is 5.38. The molecule has 0 aliphatic rings. The molecule has 7 heteroatoms. The molecular formula is C20H24BrN5O. The number of rotatable bonds is 9. The summed E-state index contributed by atoms with van der Waals surface area (Å²) in [6, 6.07) is 14.0. The van der Waals surface area contributed by atoms with Crippen molar-refractivity contribution in [1.29, 1.82) is 0 Å². The van der Waals surface area contributed by atoms with E-state index in [2.05, 4.69) is 43.8 Å². The third-order valence-corrected chi connectivity index (χ3v) is 4.52. The molecule has 0 unspecified atom stereocenters. The van der Waals surface area contributed by atoms with Gasteiger partial charge in [-0.25, -0.2) is 4.99 Å². The van der Waals surface area contributed by atoms with Crippen molar-refractivity contribution in [3.63, 3.8) is 0 Å². The Morgan fingerprint density at radius 2 is 1.96 bits per heavy atom. The minimum Gasteiger partial charge on any atom is -0.469 e. The number of hydrogen-bond acceptors (Lipinski definition) is 3. The van der Waals surface area contributed by atoms with Gasteiger partial charge in [0, 0.05) is 42.9 Å². The Labute approximate surface area is 167 Å². The second-order valence-corrected chi connectivity index (χ2v) is 7.01. The molecule has 0 fully saturated rings. The van der Waals surface area contributed by atoms with Crippen LogP contribution >= 0.6 is 15.9 Å². The van der Waals surface area contributed by atoms with Crippen molar-refractivity contribution in [2.24, 2.45) is 4.99 Å². The van der Waals surface area contributed by atoms with E-state index in [1.54, 1.807) is 12.5 Å². The molecule has 3 rings (SSSR count). The predicted molar refractivity (Wildman–Crippen MR) is 111 cm³/mol. The second-order valence-electron chi connectivity index (χ2n) is 6.10. The van der Waals surface area contributed by atoms with Crippen molar-refractivity contribution in [3.8, 4) is 0 Å². The van der Waals surface area contributed by atoms with Crippen molar-refractivity contribution < 1.29 is 4.42 Å². The SMILES string of the molecule is Brc1ccc(CN=C(NCCCn2cccn2)NCCc2ccco2)cc1. The fraction of sp³-hybridized carbons (Fsp3) is 0.300. The molecule has 0 radical (unpaired) electrons. The molecule has 2 heterocycles. The van der Waals surface area contributed by atoms with Gasteiger partial charge in [-0.1, -0.05) is 28.1 Å². The van der Waals surface area contributed by atoms with Crippen molar-refractivity contribution >= 4 is 21.9 Å². The number of aryl methyl sites for hydroxylation is 1. The van der Waals surface area contributed by atoms with E-state index in [1.165, 1.54) is 5.56 Å². The average Bonchev–Trinajstić information content (AvgIpc) is 3.38. The minimum atomic E-state index is 0.628. The van der Waals surface area contributed by atoms with E-state index < -0.39 is 0 Å². The third-order valence-electron chi connectivity index (χ3n) is 3.99. The van der Waals surface area contributed by atoms with Gasteiger partial charge in [-0.05, 0) is 42.3 Å². The average molecular weight is 430 g/mol. The summed E-state index contributed by atoms with van der Waals surface area (Å²) in [6.07, 6.45) is 7.27. The number of benzene rings is 1. The molecule has 0 aliphatic carbocycles. The smallest absolute Gasteiger partial charge is 0.191 e. The number of guanidine groups is 1. The number of nitrogens with one attached hydrogen (secondary N) is 2. The maximum Gasteiger partial charge on any atom is 0.191 e. The standard InChI is InChI=1S/C20H24BrN5O/c21-18-7-5-17(6-8-18)16-24-20(23-12-9-19-4-1-15-27-19)22-10-2-13-26-14-3-11-25-26/h1,3-8,11,14-15H,2,9-10,12-13,16H2,(H2,22,23,24). The Kier molecular flexibility index (Phi) is 7.53. The lowest BCUT2D eigenvalue weighted by molar-refractivity contribution is 0.506. The summed E-state index contributed by atoms with van der Waals surface area (Å²) < 4.78 is 8.39. The molecule has 0 aliphatic heterocycles. The van der Waals surface area contributed by atoms with Crippen LogP contribution in [0, 0.1) is 0 Å². The zero-order valence-electron chi connectivity index (χ0n) is 15.1. The molecule has 0 amide bonds. The Bertz CT molecular complexity index is 798. The third kappa shape index (κ3) is 6.94. The Balaban J connectivity index is 1.49. The number of nitrogens with zero attached hydrogens (tertiary/aromatic N) is 3. The van der Waals surface area contributed by atoms with Crippen LogP contribution in [0.4, 0.5) is 0 Å². The quantitative estimate of drug-likeness (QED) is 0.309. The summed E-state index contributed by atoms with van der Waals surface area (Å²) in [6.45, 7) is 3.10.